The first kappa shape index (κ1) is 42.7. The van der Waals surface area contributed by atoms with E-state index in [1.54, 1.807) is 0 Å². The summed E-state index contributed by atoms with van der Waals surface area (Å²) >= 11 is 5.59. The molecule has 7 heterocycles. The number of fused-ring (bicyclic) bond motifs is 18. The normalized spacial score (nSPS) is 12.4. The first-order valence-electron chi connectivity index (χ1n) is 26.3. The molecule has 5 nitrogen and oxygen atoms in total. The lowest BCUT2D eigenvalue weighted by Crippen LogP contribution is -2.03. The minimum atomic E-state index is 0.651. The zero-order valence-corrected chi connectivity index (χ0v) is 43.9. The second-order valence-electron chi connectivity index (χ2n) is 20.5. The van der Waals surface area contributed by atoms with Gasteiger partial charge in [-0.05, 0) is 97.1 Å². The summed E-state index contributed by atoms with van der Waals surface area (Å²) in [6.45, 7) is 0. The monoisotopic (exact) mass is 1050 g/mol. The summed E-state index contributed by atoms with van der Waals surface area (Å²) in [5.41, 5.74) is 11.8. The standard InChI is InChI=1S/C70H39N5S3/c1-7-25-57-44(19-1)50-36-66-53(47-22-4-10-28-63(47)76-66)33-60(50)73(57)42-17-13-15-40(31-42)56-39-69(75-59-27-9-3-21-46(59)52-38-68-55(35-62(52)75)49-24-6-12-30-65(49)78-68)72-70(71-56)41-16-14-18-43(32-41)74-58-26-8-2-20-45(58)51-37-67-54(34-61(51)74)48-23-5-11-29-64(48)77-67/h1-39H. The van der Waals surface area contributed by atoms with Gasteiger partial charge in [-0.25, -0.2) is 9.97 Å². The fraction of sp³-hybridized carbons (Fsp3) is 0. The van der Waals surface area contributed by atoms with Crippen molar-refractivity contribution in [2.24, 2.45) is 0 Å². The maximum atomic E-state index is 5.66. The van der Waals surface area contributed by atoms with Crippen LogP contribution in [0.5, 0.6) is 0 Å². The summed E-state index contributed by atoms with van der Waals surface area (Å²) < 4.78 is 15.0. The minimum absolute atomic E-state index is 0.651. The summed E-state index contributed by atoms with van der Waals surface area (Å²) in [5, 5.41) is 15.0. The first-order chi connectivity index (χ1) is 38.6. The number of nitrogens with zero attached hydrogens (tertiary/aromatic N) is 5. The van der Waals surface area contributed by atoms with E-state index in [9.17, 15) is 0 Å². The van der Waals surface area contributed by atoms with Crippen LogP contribution in [-0.2, 0) is 0 Å². The number of hydrogen-bond donors (Lipinski definition) is 0. The Bertz CT molecular complexity index is 5360. The maximum Gasteiger partial charge on any atom is 0.162 e. The zero-order valence-electron chi connectivity index (χ0n) is 41.5. The molecule has 0 bridgehead atoms. The fourth-order valence-electron chi connectivity index (χ4n) is 12.8. The van der Waals surface area contributed by atoms with Gasteiger partial charge in [-0.3, -0.25) is 4.57 Å². The highest BCUT2D eigenvalue weighted by Gasteiger charge is 2.22. The molecule has 0 aliphatic rings. The third kappa shape index (κ3) is 6.10. The van der Waals surface area contributed by atoms with Gasteiger partial charge in [-0.2, -0.15) is 0 Å². The Labute approximate surface area is 457 Å². The van der Waals surface area contributed by atoms with Crippen molar-refractivity contribution in [3.05, 3.63) is 237 Å². The van der Waals surface area contributed by atoms with E-state index in [-0.39, 0.29) is 0 Å². The molecule has 362 valence electrons. The summed E-state index contributed by atoms with van der Waals surface area (Å²) in [5.74, 6) is 1.46. The topological polar surface area (TPSA) is 40.6 Å². The van der Waals surface area contributed by atoms with E-state index in [0.717, 1.165) is 50.6 Å². The maximum absolute atomic E-state index is 5.66. The Morgan fingerprint density at radius 1 is 0.244 bits per heavy atom. The van der Waals surface area contributed by atoms with Gasteiger partial charge < -0.3 is 9.13 Å². The molecule has 0 unspecified atom stereocenters. The fourth-order valence-corrected chi connectivity index (χ4v) is 16.2. The average Bonchev–Trinajstić information content (AvgIpc) is 4.51. The van der Waals surface area contributed by atoms with Crippen molar-refractivity contribution in [1.29, 1.82) is 0 Å². The van der Waals surface area contributed by atoms with Gasteiger partial charge in [0.25, 0.3) is 0 Å². The molecule has 0 amide bonds. The van der Waals surface area contributed by atoms with E-state index in [4.69, 9.17) is 9.97 Å². The number of aromatic nitrogens is 5. The third-order valence-electron chi connectivity index (χ3n) is 16.2. The number of benzene rings is 11. The smallest absolute Gasteiger partial charge is 0.162 e. The van der Waals surface area contributed by atoms with Gasteiger partial charge >= 0.3 is 0 Å². The van der Waals surface area contributed by atoms with Gasteiger partial charge in [0.1, 0.15) is 5.82 Å². The number of thiophene rings is 3. The predicted molar refractivity (Wildman–Crippen MR) is 335 cm³/mol. The molecule has 0 spiro atoms. The van der Waals surface area contributed by atoms with Gasteiger partial charge in [0.2, 0.25) is 0 Å². The van der Waals surface area contributed by atoms with Crippen LogP contribution in [0.25, 0.3) is 166 Å². The zero-order chi connectivity index (χ0) is 50.7. The molecule has 11 aromatic carbocycles. The molecule has 0 N–H and O–H groups in total. The Hall–Kier alpha value is -9.44. The van der Waals surface area contributed by atoms with Crippen LogP contribution in [0.3, 0.4) is 0 Å². The van der Waals surface area contributed by atoms with Crippen LogP contribution in [0.1, 0.15) is 0 Å². The van der Waals surface area contributed by atoms with E-state index < -0.39 is 0 Å². The highest BCUT2D eigenvalue weighted by molar-refractivity contribution is 7.26. The molecule has 0 saturated heterocycles. The summed E-state index contributed by atoms with van der Waals surface area (Å²) in [6.07, 6.45) is 0. The van der Waals surface area contributed by atoms with Crippen molar-refractivity contribution in [2.45, 2.75) is 0 Å². The SMILES string of the molecule is c1cc(-c2cc(-n3c4ccccc4c4cc5sc6ccccc6c5cc43)nc(-c3cccc(-n4c5ccccc5c5cc6sc7ccccc7c6cc54)c3)n2)cc(-n2c3ccccc3c3cc4sc5ccccc5c4cc32)c1. The molecule has 7 aromatic heterocycles. The van der Waals surface area contributed by atoms with Crippen LogP contribution in [-0.4, -0.2) is 23.7 Å². The van der Waals surface area contributed by atoms with E-state index in [2.05, 4.69) is 250 Å². The second kappa shape index (κ2) is 16.0. The highest BCUT2D eigenvalue weighted by atomic mass is 32.1. The average molecular weight is 1050 g/mol. The number of para-hydroxylation sites is 3. The Kier molecular flexibility index (Phi) is 8.80. The van der Waals surface area contributed by atoms with E-state index in [0.29, 0.717) is 5.82 Å². The molecule has 0 atom stereocenters. The van der Waals surface area contributed by atoms with Gasteiger partial charge in [-0.1, -0.05) is 133 Å². The first-order valence-corrected chi connectivity index (χ1v) is 28.7. The quantitative estimate of drug-likeness (QED) is 0.172. The molecular weight excluding hydrogens is 1010 g/mol. The molecule has 18 rings (SSSR count). The van der Waals surface area contributed by atoms with Crippen LogP contribution in [0.15, 0.2) is 237 Å². The van der Waals surface area contributed by atoms with Crippen molar-refractivity contribution >= 4 is 160 Å². The molecule has 8 heteroatoms. The Morgan fingerprint density at radius 3 is 1.10 bits per heavy atom. The largest absolute Gasteiger partial charge is 0.309 e. The molecule has 0 fully saturated rings. The molecule has 0 radical (unpaired) electrons. The van der Waals surface area contributed by atoms with Crippen LogP contribution in [0.4, 0.5) is 0 Å². The number of rotatable bonds is 5. The lowest BCUT2D eigenvalue weighted by atomic mass is 10.1. The van der Waals surface area contributed by atoms with Gasteiger partial charge in [-0.15, -0.1) is 34.0 Å². The Morgan fingerprint density at radius 2 is 0.628 bits per heavy atom. The highest BCUT2D eigenvalue weighted by Crippen LogP contribution is 2.45. The van der Waals surface area contributed by atoms with Crippen molar-refractivity contribution in [1.82, 2.24) is 23.7 Å². The molecular formula is C70H39N5S3. The third-order valence-corrected chi connectivity index (χ3v) is 19.6. The second-order valence-corrected chi connectivity index (χ2v) is 23.7. The van der Waals surface area contributed by atoms with Crippen LogP contribution < -0.4 is 0 Å². The molecule has 0 aliphatic heterocycles. The van der Waals surface area contributed by atoms with Crippen molar-refractivity contribution in [3.63, 3.8) is 0 Å². The predicted octanol–water partition coefficient (Wildman–Crippen LogP) is 20.2. The van der Waals surface area contributed by atoms with Gasteiger partial charge in [0.15, 0.2) is 5.82 Å². The Balaban J connectivity index is 0.882. The number of hydrogen-bond acceptors (Lipinski definition) is 5. The molecule has 0 aliphatic carbocycles. The van der Waals surface area contributed by atoms with E-state index in [1.807, 2.05) is 34.0 Å². The van der Waals surface area contributed by atoms with Gasteiger partial charge in [0, 0.05) is 121 Å². The lowest BCUT2D eigenvalue weighted by Gasteiger charge is -2.14. The van der Waals surface area contributed by atoms with E-state index in [1.165, 1.54) is 109 Å². The summed E-state index contributed by atoms with van der Waals surface area (Å²) in [7, 11) is 0. The lowest BCUT2D eigenvalue weighted by molar-refractivity contribution is 1.05. The molecule has 78 heavy (non-hydrogen) atoms. The van der Waals surface area contributed by atoms with Crippen molar-refractivity contribution in [2.75, 3.05) is 0 Å². The van der Waals surface area contributed by atoms with Crippen molar-refractivity contribution < 1.29 is 0 Å². The summed E-state index contributed by atoms with van der Waals surface area (Å²) in [4.78, 5) is 11.3. The molecule has 18 aromatic rings. The van der Waals surface area contributed by atoms with E-state index >= 15 is 0 Å². The molecule has 0 saturated carbocycles. The van der Waals surface area contributed by atoms with Crippen LogP contribution >= 0.6 is 34.0 Å². The van der Waals surface area contributed by atoms with Crippen LogP contribution in [0, 0.1) is 0 Å². The van der Waals surface area contributed by atoms with Gasteiger partial charge in [0.05, 0.1) is 38.8 Å². The summed E-state index contributed by atoms with van der Waals surface area (Å²) in [6, 6.07) is 87.0. The minimum Gasteiger partial charge on any atom is -0.309 e. The van der Waals surface area contributed by atoms with Crippen LogP contribution in [0.2, 0.25) is 0 Å². The van der Waals surface area contributed by atoms with Crippen molar-refractivity contribution in [3.8, 4) is 39.8 Å².